The van der Waals surface area contributed by atoms with E-state index in [1.807, 2.05) is 47.4 Å². The average molecular weight is 391 g/mol. The largest absolute Gasteiger partial charge is 0.497 e. The lowest BCUT2D eigenvalue weighted by Crippen LogP contribution is -2.38. The normalized spacial score (nSPS) is 15.8. The summed E-state index contributed by atoms with van der Waals surface area (Å²) in [5.41, 5.74) is 2.26. The maximum absolute atomic E-state index is 13.1. The lowest BCUT2D eigenvalue weighted by atomic mass is 9.87. The van der Waals surface area contributed by atoms with Crippen LogP contribution in [0.1, 0.15) is 48.0 Å². The van der Waals surface area contributed by atoms with E-state index >= 15 is 0 Å². The summed E-state index contributed by atoms with van der Waals surface area (Å²) in [7, 11) is 1.66. The van der Waals surface area contributed by atoms with E-state index in [1.165, 1.54) is 6.39 Å². The molecule has 4 rings (SSSR count). The summed E-state index contributed by atoms with van der Waals surface area (Å²) in [4.78, 5) is 19.3. The van der Waals surface area contributed by atoms with Gasteiger partial charge < -0.3 is 14.2 Å². The fourth-order valence-corrected chi connectivity index (χ4v) is 4.00. The van der Waals surface area contributed by atoms with Gasteiger partial charge in [-0.2, -0.15) is 4.98 Å². The van der Waals surface area contributed by atoms with Crippen molar-refractivity contribution in [1.29, 1.82) is 0 Å². The van der Waals surface area contributed by atoms with E-state index < -0.39 is 0 Å². The highest BCUT2D eigenvalue weighted by molar-refractivity contribution is 5.78. The number of aromatic nitrogens is 2. The highest BCUT2D eigenvalue weighted by atomic mass is 16.5. The number of methoxy groups -OCH3 is 1. The molecule has 2 aromatic carbocycles. The fraction of sp³-hybridized carbons (Fsp3) is 0.348. The summed E-state index contributed by atoms with van der Waals surface area (Å²) in [6.07, 6.45) is 3.54. The summed E-state index contributed by atoms with van der Waals surface area (Å²) in [5, 5.41) is 3.95. The van der Waals surface area contributed by atoms with Crippen LogP contribution in [0.5, 0.6) is 5.75 Å². The van der Waals surface area contributed by atoms with Gasteiger partial charge in [0.2, 0.25) is 12.3 Å². The first kappa shape index (κ1) is 19.2. The Kier molecular flexibility index (Phi) is 5.89. The second-order valence-electron chi connectivity index (χ2n) is 7.39. The van der Waals surface area contributed by atoms with E-state index in [4.69, 9.17) is 9.26 Å². The molecule has 0 radical (unpaired) electrons. The molecule has 1 aliphatic heterocycles. The summed E-state index contributed by atoms with van der Waals surface area (Å²) < 4.78 is 10.1. The Hall–Kier alpha value is -3.15. The van der Waals surface area contributed by atoms with Crippen LogP contribution in [0, 0.1) is 0 Å². The molecule has 1 atom stereocenters. The van der Waals surface area contributed by atoms with Gasteiger partial charge in [0.15, 0.2) is 5.82 Å². The molecule has 6 nitrogen and oxygen atoms in total. The second kappa shape index (κ2) is 8.90. The molecular weight excluding hydrogens is 366 g/mol. The zero-order valence-electron chi connectivity index (χ0n) is 16.5. The number of rotatable bonds is 6. The first-order valence-corrected chi connectivity index (χ1v) is 9.97. The minimum absolute atomic E-state index is 0.0181. The Bertz CT molecular complexity index is 902. The molecule has 1 aromatic heterocycles. The van der Waals surface area contributed by atoms with Crippen molar-refractivity contribution >= 4 is 5.91 Å². The van der Waals surface area contributed by atoms with Gasteiger partial charge >= 0.3 is 0 Å². The van der Waals surface area contributed by atoms with Crippen molar-refractivity contribution in [1.82, 2.24) is 15.0 Å². The number of ether oxygens (including phenoxy) is 1. The maximum Gasteiger partial charge on any atom is 0.223 e. The zero-order chi connectivity index (χ0) is 20.1. The summed E-state index contributed by atoms with van der Waals surface area (Å²) in [6.45, 7) is 1.45. The topological polar surface area (TPSA) is 68.5 Å². The molecule has 2 heterocycles. The van der Waals surface area contributed by atoms with Gasteiger partial charge in [0.05, 0.1) is 7.11 Å². The third kappa shape index (κ3) is 4.47. The van der Waals surface area contributed by atoms with Gasteiger partial charge in [-0.1, -0.05) is 47.6 Å². The average Bonchev–Trinajstić information content (AvgIpc) is 3.33. The molecule has 0 bridgehead atoms. The minimum Gasteiger partial charge on any atom is -0.497 e. The Morgan fingerprint density at radius 2 is 1.79 bits per heavy atom. The van der Waals surface area contributed by atoms with Gasteiger partial charge in [0.1, 0.15) is 5.75 Å². The van der Waals surface area contributed by atoms with Crippen LogP contribution in [0.2, 0.25) is 0 Å². The standard InChI is InChI=1S/C23H25N3O3/c1-28-20-9-7-18(8-10-20)21(17-5-3-2-4-6-17)15-22(27)26-13-11-19(12-14-26)23-24-16-29-25-23/h2-10,16,19,21H,11-15H2,1H3/t21-/m0/s1. The number of piperidine rings is 1. The highest BCUT2D eigenvalue weighted by Crippen LogP contribution is 2.31. The zero-order valence-corrected chi connectivity index (χ0v) is 16.5. The molecule has 0 aliphatic carbocycles. The molecule has 0 N–H and O–H groups in total. The van der Waals surface area contributed by atoms with Crippen LogP contribution < -0.4 is 4.74 Å². The van der Waals surface area contributed by atoms with Crippen molar-refractivity contribution in [2.45, 2.75) is 31.1 Å². The van der Waals surface area contributed by atoms with E-state index in [9.17, 15) is 4.79 Å². The molecule has 150 valence electrons. The number of amides is 1. The summed E-state index contributed by atoms with van der Waals surface area (Å²) >= 11 is 0. The molecule has 1 amide bonds. The SMILES string of the molecule is COc1ccc([C@@H](CC(=O)N2CCC(c3ncon3)CC2)c2ccccc2)cc1. The van der Waals surface area contributed by atoms with Crippen molar-refractivity contribution in [3.8, 4) is 5.75 Å². The summed E-state index contributed by atoms with van der Waals surface area (Å²) in [5.74, 6) is 2.03. The van der Waals surface area contributed by atoms with Crippen LogP contribution in [0.3, 0.4) is 0 Å². The molecule has 3 aromatic rings. The molecule has 0 saturated carbocycles. The highest BCUT2D eigenvalue weighted by Gasteiger charge is 2.28. The van der Waals surface area contributed by atoms with E-state index in [0.29, 0.717) is 6.42 Å². The molecular formula is C23H25N3O3. The number of carbonyl (C=O) groups is 1. The third-order valence-electron chi connectivity index (χ3n) is 5.69. The predicted octanol–water partition coefficient (Wildman–Crippen LogP) is 4.01. The number of hydrogen-bond donors (Lipinski definition) is 0. The molecule has 29 heavy (non-hydrogen) atoms. The Balaban J connectivity index is 1.46. The lowest BCUT2D eigenvalue weighted by molar-refractivity contribution is -0.132. The molecule has 1 saturated heterocycles. The van der Waals surface area contributed by atoms with Gasteiger partial charge in [-0.3, -0.25) is 4.79 Å². The van der Waals surface area contributed by atoms with E-state index in [0.717, 1.165) is 48.6 Å². The summed E-state index contributed by atoms with van der Waals surface area (Å²) in [6, 6.07) is 18.2. The number of hydrogen-bond acceptors (Lipinski definition) is 5. The lowest BCUT2D eigenvalue weighted by Gasteiger charge is -2.32. The van der Waals surface area contributed by atoms with Gasteiger partial charge in [-0.25, -0.2) is 0 Å². The monoisotopic (exact) mass is 391 g/mol. The van der Waals surface area contributed by atoms with Crippen molar-refractivity contribution in [3.05, 3.63) is 77.9 Å². The number of benzene rings is 2. The van der Waals surface area contributed by atoms with Gasteiger partial charge in [-0.15, -0.1) is 0 Å². The van der Waals surface area contributed by atoms with Gasteiger partial charge in [0, 0.05) is 31.3 Å². The van der Waals surface area contributed by atoms with E-state index in [2.05, 4.69) is 22.3 Å². The molecule has 6 heteroatoms. The number of carbonyl (C=O) groups excluding carboxylic acids is 1. The van der Waals surface area contributed by atoms with Crippen LogP contribution in [0.15, 0.2) is 65.5 Å². The predicted molar refractivity (Wildman–Crippen MR) is 109 cm³/mol. The van der Waals surface area contributed by atoms with Crippen molar-refractivity contribution in [2.24, 2.45) is 0 Å². The van der Waals surface area contributed by atoms with E-state index in [1.54, 1.807) is 7.11 Å². The minimum atomic E-state index is 0.0181. The van der Waals surface area contributed by atoms with Crippen LogP contribution in [0.25, 0.3) is 0 Å². The smallest absolute Gasteiger partial charge is 0.223 e. The first-order chi connectivity index (χ1) is 14.2. The number of likely N-dealkylation sites (tertiary alicyclic amines) is 1. The van der Waals surface area contributed by atoms with Gasteiger partial charge in [0.25, 0.3) is 0 Å². The Labute approximate surface area is 170 Å². The van der Waals surface area contributed by atoms with Crippen molar-refractivity contribution in [3.63, 3.8) is 0 Å². The first-order valence-electron chi connectivity index (χ1n) is 9.97. The van der Waals surface area contributed by atoms with Crippen molar-refractivity contribution in [2.75, 3.05) is 20.2 Å². The van der Waals surface area contributed by atoms with Crippen LogP contribution >= 0.6 is 0 Å². The molecule has 1 fully saturated rings. The maximum atomic E-state index is 13.1. The molecule has 1 aliphatic rings. The fourth-order valence-electron chi connectivity index (χ4n) is 4.00. The quantitative estimate of drug-likeness (QED) is 0.635. The number of nitrogens with zero attached hydrogens (tertiary/aromatic N) is 3. The van der Waals surface area contributed by atoms with Crippen LogP contribution in [0.4, 0.5) is 0 Å². The Morgan fingerprint density at radius 3 is 2.41 bits per heavy atom. The molecule has 0 unspecified atom stereocenters. The second-order valence-corrected chi connectivity index (χ2v) is 7.39. The third-order valence-corrected chi connectivity index (χ3v) is 5.69. The Morgan fingerprint density at radius 1 is 1.10 bits per heavy atom. The van der Waals surface area contributed by atoms with E-state index in [-0.39, 0.29) is 17.7 Å². The van der Waals surface area contributed by atoms with Crippen LogP contribution in [-0.4, -0.2) is 41.1 Å². The van der Waals surface area contributed by atoms with Gasteiger partial charge in [-0.05, 0) is 36.1 Å². The van der Waals surface area contributed by atoms with Crippen molar-refractivity contribution < 1.29 is 14.1 Å². The molecule has 0 spiro atoms. The van der Waals surface area contributed by atoms with Crippen LogP contribution in [-0.2, 0) is 4.79 Å².